The van der Waals surface area contributed by atoms with Crippen molar-refractivity contribution in [1.82, 2.24) is 4.98 Å². The molecule has 0 atom stereocenters. The maximum absolute atomic E-state index is 14.2. The number of hydrogen-bond acceptors (Lipinski definition) is 4. The number of halogens is 6. The van der Waals surface area contributed by atoms with Gasteiger partial charge < -0.3 is 5.11 Å². The largest absolute Gasteiger partial charge is 0.477 e. The molecule has 164 valence electrons. The zero-order valence-corrected chi connectivity index (χ0v) is 15.4. The van der Waals surface area contributed by atoms with Gasteiger partial charge in [-0.05, 0) is 12.1 Å². The topological polar surface area (TPSA) is 87.6 Å². The van der Waals surface area contributed by atoms with Crippen LogP contribution in [0.1, 0.15) is 31.2 Å². The minimum atomic E-state index is -1.89. The Balaban J connectivity index is 2.26. The highest BCUT2D eigenvalue weighted by Crippen LogP contribution is 2.25. The van der Waals surface area contributed by atoms with Gasteiger partial charge in [0.2, 0.25) is 0 Å². The molecule has 0 fully saturated rings. The molecule has 0 radical (unpaired) electrons. The smallest absolute Gasteiger partial charge is 0.354 e. The van der Waals surface area contributed by atoms with E-state index in [1.165, 1.54) is 0 Å². The first-order valence-corrected chi connectivity index (χ1v) is 8.39. The molecule has 12 heteroatoms. The van der Waals surface area contributed by atoms with E-state index in [1.54, 1.807) is 0 Å². The summed E-state index contributed by atoms with van der Waals surface area (Å²) < 4.78 is 83.1. The van der Waals surface area contributed by atoms with Gasteiger partial charge in [-0.2, -0.15) is 0 Å². The van der Waals surface area contributed by atoms with Crippen molar-refractivity contribution >= 4 is 23.6 Å². The molecule has 0 saturated carbocycles. The fraction of sp³-hybridized carbons (Fsp3) is 0. The van der Waals surface area contributed by atoms with Crippen molar-refractivity contribution in [3.8, 4) is 0 Å². The van der Waals surface area contributed by atoms with Crippen LogP contribution in [0.15, 0.2) is 42.5 Å². The third kappa shape index (κ3) is 4.15. The summed E-state index contributed by atoms with van der Waals surface area (Å²) in [6.07, 6.45) is 0. The van der Waals surface area contributed by atoms with E-state index < -0.39 is 75.3 Å². The molecule has 1 heterocycles. The van der Waals surface area contributed by atoms with Crippen molar-refractivity contribution in [3.63, 3.8) is 0 Å². The van der Waals surface area contributed by atoms with Crippen LogP contribution < -0.4 is 4.90 Å². The van der Waals surface area contributed by atoms with E-state index in [4.69, 9.17) is 5.11 Å². The number of benzene rings is 2. The Labute approximate surface area is 174 Å². The van der Waals surface area contributed by atoms with Gasteiger partial charge >= 0.3 is 5.97 Å². The molecule has 3 aromatic rings. The molecule has 32 heavy (non-hydrogen) atoms. The summed E-state index contributed by atoms with van der Waals surface area (Å²) in [5.41, 5.74) is -3.73. The van der Waals surface area contributed by atoms with E-state index >= 15 is 0 Å². The highest BCUT2D eigenvalue weighted by atomic mass is 19.2. The van der Waals surface area contributed by atoms with E-state index in [2.05, 4.69) is 4.98 Å². The Bertz CT molecular complexity index is 1170. The molecule has 2 amide bonds. The number of imide groups is 1. The number of aromatic carboxylic acids is 1. The molecular formula is C20H8F6N2O4. The predicted molar refractivity (Wildman–Crippen MR) is 95.0 cm³/mol. The van der Waals surface area contributed by atoms with Crippen LogP contribution in [0, 0.1) is 34.9 Å². The van der Waals surface area contributed by atoms with Crippen molar-refractivity contribution in [2.24, 2.45) is 0 Å². The van der Waals surface area contributed by atoms with Crippen LogP contribution in [-0.4, -0.2) is 27.9 Å². The zero-order chi connectivity index (χ0) is 23.7. The zero-order valence-electron chi connectivity index (χ0n) is 15.4. The molecule has 0 spiro atoms. The summed E-state index contributed by atoms with van der Waals surface area (Å²) in [6, 6.07) is 3.18. The highest BCUT2D eigenvalue weighted by molar-refractivity contribution is 6.25. The lowest BCUT2D eigenvalue weighted by Crippen LogP contribution is -2.40. The fourth-order valence-corrected chi connectivity index (χ4v) is 2.68. The van der Waals surface area contributed by atoms with E-state index in [1.807, 2.05) is 0 Å². The highest BCUT2D eigenvalue weighted by Gasteiger charge is 2.35. The molecule has 0 bridgehead atoms. The second-order valence-corrected chi connectivity index (χ2v) is 6.12. The van der Waals surface area contributed by atoms with Crippen LogP contribution in [0.2, 0.25) is 0 Å². The molecule has 0 aliphatic carbocycles. The van der Waals surface area contributed by atoms with Gasteiger partial charge in [-0.25, -0.2) is 41.0 Å². The normalized spacial score (nSPS) is 10.7. The Hall–Kier alpha value is -4.22. The Morgan fingerprint density at radius 3 is 1.50 bits per heavy atom. The van der Waals surface area contributed by atoms with Crippen molar-refractivity contribution in [2.75, 3.05) is 4.90 Å². The Kier molecular flexibility index (Phi) is 5.96. The number of rotatable bonds is 4. The monoisotopic (exact) mass is 454 g/mol. The number of hydrogen-bond donors (Lipinski definition) is 1. The minimum Gasteiger partial charge on any atom is -0.477 e. The van der Waals surface area contributed by atoms with Crippen molar-refractivity contribution in [2.45, 2.75) is 0 Å². The first-order chi connectivity index (χ1) is 15.0. The molecule has 3 rings (SSSR count). The molecule has 0 aliphatic heterocycles. The number of amides is 2. The SMILES string of the molecule is O=C(O)c1cccc(N(C(=O)c2c(F)cc(F)cc2F)C(=O)c2c(F)cc(F)cc2F)n1. The Morgan fingerprint density at radius 2 is 1.12 bits per heavy atom. The van der Waals surface area contributed by atoms with Gasteiger partial charge in [0, 0.05) is 24.3 Å². The first-order valence-electron chi connectivity index (χ1n) is 8.39. The van der Waals surface area contributed by atoms with Crippen LogP contribution in [0.4, 0.5) is 32.2 Å². The van der Waals surface area contributed by atoms with Gasteiger partial charge in [-0.15, -0.1) is 0 Å². The molecule has 1 N–H and O–H groups in total. The number of carboxylic acid groups (broad SMARTS) is 1. The second-order valence-electron chi connectivity index (χ2n) is 6.12. The van der Waals surface area contributed by atoms with Crippen LogP contribution in [0.3, 0.4) is 0 Å². The summed E-state index contributed by atoms with van der Waals surface area (Å²) in [6.45, 7) is 0. The van der Waals surface area contributed by atoms with Gasteiger partial charge in [0.15, 0.2) is 5.69 Å². The van der Waals surface area contributed by atoms with E-state index in [0.717, 1.165) is 18.2 Å². The molecule has 6 nitrogen and oxygen atoms in total. The molecule has 1 aromatic heterocycles. The lowest BCUT2D eigenvalue weighted by atomic mass is 10.1. The number of carbonyl (C=O) groups excluding carboxylic acids is 2. The average molecular weight is 454 g/mol. The molecule has 0 unspecified atom stereocenters. The fourth-order valence-electron chi connectivity index (χ4n) is 2.68. The summed E-state index contributed by atoms with van der Waals surface area (Å²) in [7, 11) is 0. The van der Waals surface area contributed by atoms with E-state index in [9.17, 15) is 40.7 Å². The van der Waals surface area contributed by atoms with Crippen molar-refractivity contribution < 1.29 is 45.8 Å². The van der Waals surface area contributed by atoms with Gasteiger partial charge in [-0.1, -0.05) is 6.07 Å². The quantitative estimate of drug-likeness (QED) is 0.474. The maximum atomic E-state index is 14.2. The van der Waals surface area contributed by atoms with E-state index in [-0.39, 0.29) is 29.2 Å². The number of nitrogens with zero attached hydrogens (tertiary/aromatic N) is 2. The van der Waals surface area contributed by atoms with Crippen LogP contribution in [-0.2, 0) is 0 Å². The standard InChI is InChI=1S/C20H8F6N2O4/c21-8-4-10(23)16(11(24)5-8)18(29)28(15-3-1-2-14(27-15)20(31)32)19(30)17-12(25)6-9(22)7-13(17)26/h1-7H,(H,31,32). The Morgan fingerprint density at radius 1 is 0.719 bits per heavy atom. The van der Waals surface area contributed by atoms with Crippen molar-refractivity contribution in [3.05, 3.63) is 94.2 Å². The third-order valence-electron chi connectivity index (χ3n) is 4.03. The maximum Gasteiger partial charge on any atom is 0.354 e. The second kappa shape index (κ2) is 8.49. The summed E-state index contributed by atoms with van der Waals surface area (Å²) in [4.78, 5) is 40.2. The van der Waals surface area contributed by atoms with Gasteiger partial charge in [-0.3, -0.25) is 9.59 Å². The van der Waals surface area contributed by atoms with Crippen LogP contribution in [0.5, 0.6) is 0 Å². The summed E-state index contributed by atoms with van der Waals surface area (Å²) in [5.74, 6) is -16.2. The van der Waals surface area contributed by atoms with Gasteiger partial charge in [0.1, 0.15) is 51.8 Å². The third-order valence-corrected chi connectivity index (χ3v) is 4.03. The van der Waals surface area contributed by atoms with Crippen molar-refractivity contribution in [1.29, 1.82) is 0 Å². The van der Waals surface area contributed by atoms with Crippen LogP contribution in [0.25, 0.3) is 0 Å². The average Bonchev–Trinajstić information content (AvgIpc) is 2.66. The lowest BCUT2D eigenvalue weighted by Gasteiger charge is -2.21. The number of aromatic nitrogens is 1. The van der Waals surface area contributed by atoms with Gasteiger partial charge in [0.05, 0.1) is 0 Å². The molecule has 0 aliphatic rings. The molecular weight excluding hydrogens is 446 g/mol. The number of carbonyl (C=O) groups is 3. The molecule has 0 saturated heterocycles. The van der Waals surface area contributed by atoms with E-state index in [0.29, 0.717) is 0 Å². The molecule has 2 aromatic carbocycles. The van der Waals surface area contributed by atoms with Crippen LogP contribution >= 0.6 is 0 Å². The number of anilines is 1. The predicted octanol–water partition coefficient (Wildman–Crippen LogP) is 4.10. The summed E-state index contributed by atoms with van der Waals surface area (Å²) >= 11 is 0. The van der Waals surface area contributed by atoms with Gasteiger partial charge in [0.25, 0.3) is 11.8 Å². The number of carboxylic acids is 1. The number of pyridine rings is 1. The summed E-state index contributed by atoms with van der Waals surface area (Å²) in [5, 5.41) is 9.07. The lowest BCUT2D eigenvalue weighted by molar-refractivity contribution is 0.0688. The first kappa shape index (κ1) is 22.5. The minimum absolute atomic E-state index is 0.110.